The molecule has 1 atom stereocenters. The number of ketones is 1. The second-order valence-corrected chi connectivity index (χ2v) is 9.72. The Morgan fingerprint density at radius 3 is 2.48 bits per heavy atom. The molecule has 0 saturated heterocycles. The van der Waals surface area contributed by atoms with Crippen LogP contribution in [0, 0.1) is 0 Å². The highest BCUT2D eigenvalue weighted by atomic mass is 32.2. The van der Waals surface area contributed by atoms with E-state index in [4.69, 9.17) is 0 Å². The quantitative estimate of drug-likeness (QED) is 0.691. The molecular formula is C22H25N3O5S. The largest absolute Gasteiger partial charge is 0.325 e. The van der Waals surface area contributed by atoms with Gasteiger partial charge in [0, 0.05) is 37.0 Å². The molecule has 1 N–H and O–H groups in total. The summed E-state index contributed by atoms with van der Waals surface area (Å²) >= 11 is 0. The summed E-state index contributed by atoms with van der Waals surface area (Å²) < 4.78 is 26.9. The first-order valence-electron chi connectivity index (χ1n) is 9.80. The molecule has 0 unspecified atom stereocenters. The monoisotopic (exact) mass is 443 g/mol. The number of nitrogens with zero attached hydrogens (tertiary/aromatic N) is 2. The van der Waals surface area contributed by atoms with E-state index in [-0.39, 0.29) is 29.2 Å². The van der Waals surface area contributed by atoms with Gasteiger partial charge in [0.05, 0.1) is 11.4 Å². The van der Waals surface area contributed by atoms with Crippen LogP contribution in [0.4, 0.5) is 11.4 Å². The number of nitrogens with one attached hydrogen (secondary N) is 1. The van der Waals surface area contributed by atoms with Gasteiger partial charge < -0.3 is 10.2 Å². The SMILES string of the molecule is CC(=O)c1cccc(NC(=O)CN(C)S(=O)(=O)c2ccc3c(c2)C[C@H](C)N3C(C)=O)c1. The predicted octanol–water partition coefficient (Wildman–Crippen LogP) is 2.45. The van der Waals surface area contributed by atoms with Gasteiger partial charge in [-0.05, 0) is 56.2 Å². The molecule has 1 aliphatic rings. The van der Waals surface area contributed by atoms with Crippen molar-refractivity contribution in [2.75, 3.05) is 23.8 Å². The van der Waals surface area contributed by atoms with Gasteiger partial charge in [-0.1, -0.05) is 12.1 Å². The molecule has 1 heterocycles. The number of hydrogen-bond acceptors (Lipinski definition) is 5. The zero-order chi connectivity index (χ0) is 22.9. The van der Waals surface area contributed by atoms with Crippen LogP contribution in [0.15, 0.2) is 47.4 Å². The molecule has 3 rings (SSSR count). The fraction of sp³-hybridized carbons (Fsp3) is 0.318. The summed E-state index contributed by atoms with van der Waals surface area (Å²) in [5.74, 6) is -0.751. The third kappa shape index (κ3) is 4.67. The number of sulfonamides is 1. The minimum absolute atomic E-state index is 0.0419. The molecule has 8 nitrogen and oxygen atoms in total. The fourth-order valence-corrected chi connectivity index (χ4v) is 4.91. The number of carbonyl (C=O) groups is 3. The second-order valence-electron chi connectivity index (χ2n) is 7.68. The van der Waals surface area contributed by atoms with Crippen molar-refractivity contribution >= 4 is 39.0 Å². The summed E-state index contributed by atoms with van der Waals surface area (Å²) in [7, 11) is -2.58. The summed E-state index contributed by atoms with van der Waals surface area (Å²) in [6, 6.07) is 11.0. The number of anilines is 2. The van der Waals surface area contributed by atoms with Crippen molar-refractivity contribution in [3.05, 3.63) is 53.6 Å². The smallest absolute Gasteiger partial charge is 0.243 e. The Hall–Kier alpha value is -3.04. The Kier molecular flexibility index (Phi) is 6.28. The third-order valence-electron chi connectivity index (χ3n) is 5.23. The van der Waals surface area contributed by atoms with Crippen molar-refractivity contribution in [1.82, 2.24) is 4.31 Å². The zero-order valence-corrected chi connectivity index (χ0v) is 18.7. The highest BCUT2D eigenvalue weighted by molar-refractivity contribution is 7.89. The predicted molar refractivity (Wildman–Crippen MR) is 118 cm³/mol. The molecule has 0 aromatic heterocycles. The molecule has 0 aliphatic carbocycles. The van der Waals surface area contributed by atoms with E-state index in [1.54, 1.807) is 35.2 Å². The summed E-state index contributed by atoms with van der Waals surface area (Å²) in [6.45, 7) is 4.43. The van der Waals surface area contributed by atoms with Crippen molar-refractivity contribution in [1.29, 1.82) is 0 Å². The van der Waals surface area contributed by atoms with Crippen molar-refractivity contribution in [2.24, 2.45) is 0 Å². The minimum Gasteiger partial charge on any atom is -0.325 e. The average molecular weight is 444 g/mol. The summed E-state index contributed by atoms with van der Waals surface area (Å²) in [5.41, 5.74) is 2.36. The van der Waals surface area contributed by atoms with E-state index < -0.39 is 15.9 Å². The molecule has 0 spiro atoms. The first-order chi connectivity index (χ1) is 14.5. The van der Waals surface area contributed by atoms with Crippen LogP contribution in [0.5, 0.6) is 0 Å². The summed E-state index contributed by atoms with van der Waals surface area (Å²) in [5, 5.41) is 2.62. The molecule has 31 heavy (non-hydrogen) atoms. The highest BCUT2D eigenvalue weighted by Gasteiger charge is 2.31. The van der Waals surface area contributed by atoms with Crippen LogP contribution in [0.2, 0.25) is 0 Å². The van der Waals surface area contributed by atoms with Crippen LogP contribution in [0.1, 0.15) is 36.7 Å². The van der Waals surface area contributed by atoms with Gasteiger partial charge in [0.2, 0.25) is 21.8 Å². The highest BCUT2D eigenvalue weighted by Crippen LogP contribution is 2.34. The van der Waals surface area contributed by atoms with Gasteiger partial charge in [-0.3, -0.25) is 14.4 Å². The number of amides is 2. The van der Waals surface area contributed by atoms with Gasteiger partial charge in [0.1, 0.15) is 0 Å². The molecule has 164 valence electrons. The number of benzene rings is 2. The maximum absolute atomic E-state index is 13.0. The van der Waals surface area contributed by atoms with Crippen LogP contribution in [0.25, 0.3) is 0 Å². The molecule has 1 aliphatic heterocycles. The lowest BCUT2D eigenvalue weighted by molar-refractivity contribution is -0.117. The maximum atomic E-state index is 13.0. The van der Waals surface area contributed by atoms with Gasteiger partial charge in [0.25, 0.3) is 0 Å². The Morgan fingerprint density at radius 2 is 1.84 bits per heavy atom. The number of fused-ring (bicyclic) bond motifs is 1. The lowest BCUT2D eigenvalue weighted by Gasteiger charge is -2.21. The molecule has 2 aromatic rings. The Balaban J connectivity index is 1.74. The number of Topliss-reactive ketones (excluding diaryl/α,β-unsaturated/α-hetero) is 1. The summed E-state index contributed by atoms with van der Waals surface area (Å²) in [6.07, 6.45) is 0.564. The number of rotatable bonds is 6. The maximum Gasteiger partial charge on any atom is 0.243 e. The van der Waals surface area contributed by atoms with Crippen LogP contribution in [-0.2, 0) is 26.0 Å². The molecule has 0 bridgehead atoms. The molecular weight excluding hydrogens is 418 g/mol. The van der Waals surface area contributed by atoms with E-state index in [0.29, 0.717) is 23.4 Å². The lowest BCUT2D eigenvalue weighted by atomic mass is 10.1. The normalized spacial score (nSPS) is 15.6. The number of hydrogen-bond donors (Lipinski definition) is 1. The molecule has 0 radical (unpaired) electrons. The number of carbonyl (C=O) groups excluding carboxylic acids is 3. The Labute approximate surface area is 181 Å². The van der Waals surface area contributed by atoms with Crippen molar-refractivity contribution < 1.29 is 22.8 Å². The van der Waals surface area contributed by atoms with E-state index in [9.17, 15) is 22.8 Å². The minimum atomic E-state index is -3.91. The van der Waals surface area contributed by atoms with E-state index in [1.807, 2.05) is 6.92 Å². The van der Waals surface area contributed by atoms with Crippen molar-refractivity contribution in [3.8, 4) is 0 Å². The van der Waals surface area contributed by atoms with Gasteiger partial charge in [-0.25, -0.2) is 8.42 Å². The van der Waals surface area contributed by atoms with E-state index in [2.05, 4.69) is 5.32 Å². The molecule has 0 fully saturated rings. The topological polar surface area (TPSA) is 104 Å². The van der Waals surface area contributed by atoms with E-state index in [1.165, 1.54) is 33.0 Å². The Morgan fingerprint density at radius 1 is 1.13 bits per heavy atom. The third-order valence-corrected chi connectivity index (χ3v) is 7.03. The average Bonchev–Trinajstić information content (AvgIpc) is 3.02. The van der Waals surface area contributed by atoms with Crippen LogP contribution in [-0.4, -0.2) is 50.0 Å². The first-order valence-corrected chi connectivity index (χ1v) is 11.2. The van der Waals surface area contributed by atoms with E-state index in [0.717, 1.165) is 9.87 Å². The standard InChI is InChI=1S/C22H25N3O5S/c1-14-10-18-12-20(8-9-21(18)25(14)16(3)27)31(29,30)24(4)13-22(28)23-19-7-5-6-17(11-19)15(2)26/h5-9,11-12,14H,10,13H2,1-4H3,(H,23,28)/t14-/m0/s1. The van der Waals surface area contributed by atoms with Crippen LogP contribution >= 0.6 is 0 Å². The molecule has 2 amide bonds. The fourth-order valence-electron chi connectivity index (χ4n) is 3.73. The second kappa shape index (κ2) is 8.60. The van der Waals surface area contributed by atoms with Crippen molar-refractivity contribution in [3.63, 3.8) is 0 Å². The van der Waals surface area contributed by atoms with Crippen LogP contribution in [0.3, 0.4) is 0 Å². The lowest BCUT2D eigenvalue weighted by Crippen LogP contribution is -2.35. The Bertz CT molecular complexity index is 1160. The number of likely N-dealkylation sites (N-methyl/N-ethyl adjacent to an activating group) is 1. The zero-order valence-electron chi connectivity index (χ0n) is 17.9. The first kappa shape index (κ1) is 22.6. The van der Waals surface area contributed by atoms with Crippen molar-refractivity contribution in [2.45, 2.75) is 38.1 Å². The van der Waals surface area contributed by atoms with Gasteiger partial charge in [0.15, 0.2) is 5.78 Å². The van der Waals surface area contributed by atoms with E-state index >= 15 is 0 Å². The molecule has 9 heteroatoms. The van der Waals surface area contributed by atoms with Gasteiger partial charge in [-0.15, -0.1) is 0 Å². The molecule has 2 aromatic carbocycles. The summed E-state index contributed by atoms with van der Waals surface area (Å²) in [4.78, 5) is 37.5. The van der Waals surface area contributed by atoms with Gasteiger partial charge in [-0.2, -0.15) is 4.31 Å². The van der Waals surface area contributed by atoms with Gasteiger partial charge >= 0.3 is 0 Å². The molecule has 0 saturated carbocycles. The van der Waals surface area contributed by atoms with Crippen LogP contribution < -0.4 is 10.2 Å².